The predicted molar refractivity (Wildman–Crippen MR) is 86.4 cm³/mol. The third-order valence-electron chi connectivity index (χ3n) is 3.49. The molecular formula is C15H15FIN3. The summed E-state index contributed by atoms with van der Waals surface area (Å²) < 4.78 is 14.5. The van der Waals surface area contributed by atoms with Crippen LogP contribution in [0.2, 0.25) is 0 Å². The summed E-state index contributed by atoms with van der Waals surface area (Å²) >= 11 is 2.30. The Balaban J connectivity index is 2.12. The van der Waals surface area contributed by atoms with Gasteiger partial charge in [-0.25, -0.2) is 14.4 Å². The molecule has 1 aliphatic carbocycles. The Morgan fingerprint density at radius 1 is 1.30 bits per heavy atom. The highest BCUT2D eigenvalue weighted by Crippen LogP contribution is 2.42. The molecule has 0 saturated heterocycles. The molecule has 0 aliphatic heterocycles. The van der Waals surface area contributed by atoms with E-state index >= 15 is 0 Å². The normalized spacial score (nSPS) is 14.4. The molecule has 1 N–H and O–H groups in total. The molecule has 1 heterocycles. The van der Waals surface area contributed by atoms with Crippen molar-refractivity contribution in [3.63, 3.8) is 0 Å². The SMILES string of the molecule is CNc1nc(-c2ccc(F)c(C)c2)nc(C2CC2)c1I. The van der Waals surface area contributed by atoms with Crippen LogP contribution < -0.4 is 5.32 Å². The van der Waals surface area contributed by atoms with Gasteiger partial charge in [0, 0.05) is 18.5 Å². The van der Waals surface area contributed by atoms with E-state index in [9.17, 15) is 4.39 Å². The molecule has 3 rings (SSSR count). The van der Waals surface area contributed by atoms with Crippen molar-refractivity contribution in [1.82, 2.24) is 9.97 Å². The fourth-order valence-electron chi connectivity index (χ4n) is 2.17. The van der Waals surface area contributed by atoms with Gasteiger partial charge < -0.3 is 5.32 Å². The zero-order valence-electron chi connectivity index (χ0n) is 11.4. The highest BCUT2D eigenvalue weighted by Gasteiger charge is 2.29. The van der Waals surface area contributed by atoms with Crippen LogP contribution in [-0.2, 0) is 0 Å². The van der Waals surface area contributed by atoms with Gasteiger partial charge in [-0.05, 0) is 66.1 Å². The van der Waals surface area contributed by atoms with Gasteiger partial charge in [0.05, 0.1) is 9.26 Å². The van der Waals surface area contributed by atoms with E-state index in [4.69, 9.17) is 4.98 Å². The highest BCUT2D eigenvalue weighted by molar-refractivity contribution is 14.1. The lowest BCUT2D eigenvalue weighted by atomic mass is 10.1. The molecule has 0 bridgehead atoms. The minimum Gasteiger partial charge on any atom is -0.372 e. The molecule has 1 aliphatic rings. The summed E-state index contributed by atoms with van der Waals surface area (Å²) in [6.45, 7) is 1.76. The molecular weight excluding hydrogens is 368 g/mol. The molecule has 0 unspecified atom stereocenters. The van der Waals surface area contributed by atoms with Gasteiger partial charge in [0.25, 0.3) is 0 Å². The number of rotatable bonds is 3. The van der Waals surface area contributed by atoms with Crippen molar-refractivity contribution in [2.45, 2.75) is 25.7 Å². The van der Waals surface area contributed by atoms with E-state index in [0.29, 0.717) is 17.3 Å². The molecule has 1 aromatic heterocycles. The number of halogens is 2. The average Bonchev–Trinajstić information content (AvgIpc) is 3.27. The monoisotopic (exact) mass is 383 g/mol. The van der Waals surface area contributed by atoms with Crippen LogP contribution in [0.3, 0.4) is 0 Å². The summed E-state index contributed by atoms with van der Waals surface area (Å²) in [6, 6.07) is 5.01. The van der Waals surface area contributed by atoms with Crippen molar-refractivity contribution in [2.24, 2.45) is 0 Å². The number of anilines is 1. The minimum atomic E-state index is -0.199. The molecule has 0 radical (unpaired) electrons. The summed E-state index contributed by atoms with van der Waals surface area (Å²) in [5, 5.41) is 3.12. The van der Waals surface area contributed by atoms with E-state index in [2.05, 4.69) is 32.9 Å². The van der Waals surface area contributed by atoms with Crippen LogP contribution >= 0.6 is 22.6 Å². The Morgan fingerprint density at radius 2 is 2.05 bits per heavy atom. The number of aromatic nitrogens is 2. The van der Waals surface area contributed by atoms with Crippen LogP contribution in [0.5, 0.6) is 0 Å². The molecule has 0 amide bonds. The Hall–Kier alpha value is -1.24. The number of aryl methyl sites for hydroxylation is 1. The number of benzene rings is 1. The van der Waals surface area contributed by atoms with Gasteiger partial charge >= 0.3 is 0 Å². The van der Waals surface area contributed by atoms with Gasteiger partial charge in [0.2, 0.25) is 0 Å². The quantitative estimate of drug-likeness (QED) is 0.811. The van der Waals surface area contributed by atoms with E-state index in [1.54, 1.807) is 19.1 Å². The molecule has 5 heteroatoms. The van der Waals surface area contributed by atoms with Gasteiger partial charge in [0.1, 0.15) is 11.6 Å². The maximum absolute atomic E-state index is 13.4. The minimum absolute atomic E-state index is 0.199. The second kappa shape index (κ2) is 5.27. The lowest BCUT2D eigenvalue weighted by Crippen LogP contribution is -2.05. The fraction of sp³-hybridized carbons (Fsp3) is 0.333. The first kappa shape index (κ1) is 13.7. The first-order valence-electron chi connectivity index (χ1n) is 6.62. The van der Waals surface area contributed by atoms with Crippen LogP contribution in [0.1, 0.15) is 30.0 Å². The second-order valence-electron chi connectivity index (χ2n) is 5.08. The maximum atomic E-state index is 13.4. The Bertz CT molecular complexity index is 668. The Kier molecular flexibility index (Phi) is 3.62. The summed E-state index contributed by atoms with van der Waals surface area (Å²) in [7, 11) is 1.86. The van der Waals surface area contributed by atoms with Crippen molar-refractivity contribution in [1.29, 1.82) is 0 Å². The molecule has 2 aromatic rings. The standard InChI is InChI=1S/C15H15FIN3/c1-8-7-10(5-6-11(8)16)14-19-13(9-3-4-9)12(17)15(18-2)20-14/h5-7,9H,3-4H2,1-2H3,(H,18,19,20). The topological polar surface area (TPSA) is 37.8 Å². The summed E-state index contributed by atoms with van der Waals surface area (Å²) in [6.07, 6.45) is 2.39. The fourth-order valence-corrected chi connectivity index (χ4v) is 3.12. The van der Waals surface area contributed by atoms with Crippen molar-refractivity contribution < 1.29 is 4.39 Å². The van der Waals surface area contributed by atoms with Crippen molar-refractivity contribution in [3.05, 3.63) is 38.8 Å². The van der Waals surface area contributed by atoms with Crippen molar-refractivity contribution in [3.8, 4) is 11.4 Å². The first-order chi connectivity index (χ1) is 9.60. The van der Waals surface area contributed by atoms with Crippen molar-refractivity contribution in [2.75, 3.05) is 12.4 Å². The average molecular weight is 383 g/mol. The van der Waals surface area contributed by atoms with E-state index in [1.165, 1.54) is 18.9 Å². The third-order valence-corrected chi connectivity index (χ3v) is 4.56. The van der Waals surface area contributed by atoms with Crippen LogP contribution in [0.15, 0.2) is 18.2 Å². The molecule has 0 spiro atoms. The first-order valence-corrected chi connectivity index (χ1v) is 7.69. The zero-order chi connectivity index (χ0) is 14.3. The number of hydrogen-bond donors (Lipinski definition) is 1. The predicted octanol–water partition coefficient (Wildman–Crippen LogP) is 4.11. The van der Waals surface area contributed by atoms with Gasteiger partial charge in [-0.2, -0.15) is 0 Å². The highest BCUT2D eigenvalue weighted by atomic mass is 127. The molecule has 1 aromatic carbocycles. The number of hydrogen-bond acceptors (Lipinski definition) is 3. The summed E-state index contributed by atoms with van der Waals surface area (Å²) in [5.41, 5.74) is 2.59. The smallest absolute Gasteiger partial charge is 0.161 e. The molecule has 104 valence electrons. The molecule has 1 fully saturated rings. The second-order valence-corrected chi connectivity index (χ2v) is 6.16. The van der Waals surface area contributed by atoms with Crippen molar-refractivity contribution >= 4 is 28.4 Å². The van der Waals surface area contributed by atoms with E-state index in [-0.39, 0.29) is 5.82 Å². The van der Waals surface area contributed by atoms with Gasteiger partial charge in [-0.3, -0.25) is 0 Å². The maximum Gasteiger partial charge on any atom is 0.161 e. The zero-order valence-corrected chi connectivity index (χ0v) is 13.5. The summed E-state index contributed by atoms with van der Waals surface area (Å²) in [4.78, 5) is 9.25. The Labute approximate surface area is 131 Å². The van der Waals surface area contributed by atoms with Gasteiger partial charge in [-0.1, -0.05) is 0 Å². The third kappa shape index (κ3) is 2.51. The molecule has 0 atom stereocenters. The lowest BCUT2D eigenvalue weighted by molar-refractivity contribution is 0.618. The number of nitrogens with zero attached hydrogens (tertiary/aromatic N) is 2. The Morgan fingerprint density at radius 3 is 2.65 bits per heavy atom. The lowest BCUT2D eigenvalue weighted by Gasteiger charge is -2.11. The van der Waals surface area contributed by atoms with E-state index in [1.807, 2.05) is 7.05 Å². The van der Waals surface area contributed by atoms with Crippen LogP contribution in [0.25, 0.3) is 11.4 Å². The molecule has 1 saturated carbocycles. The van der Waals surface area contributed by atoms with Crippen LogP contribution in [0.4, 0.5) is 10.2 Å². The van der Waals surface area contributed by atoms with E-state index in [0.717, 1.165) is 20.6 Å². The van der Waals surface area contributed by atoms with Gasteiger partial charge in [0.15, 0.2) is 5.82 Å². The molecule has 20 heavy (non-hydrogen) atoms. The number of nitrogens with one attached hydrogen (secondary N) is 1. The summed E-state index contributed by atoms with van der Waals surface area (Å²) in [5.74, 6) is 1.87. The van der Waals surface area contributed by atoms with Crippen LogP contribution in [0, 0.1) is 16.3 Å². The van der Waals surface area contributed by atoms with E-state index < -0.39 is 0 Å². The molecule has 3 nitrogen and oxygen atoms in total. The van der Waals surface area contributed by atoms with Gasteiger partial charge in [-0.15, -0.1) is 0 Å². The van der Waals surface area contributed by atoms with Crippen LogP contribution in [-0.4, -0.2) is 17.0 Å². The largest absolute Gasteiger partial charge is 0.372 e.